The molecule has 4 aliphatic heterocycles. The van der Waals surface area contributed by atoms with E-state index in [4.69, 9.17) is 14.2 Å². The van der Waals surface area contributed by atoms with Crippen LogP contribution >= 0.6 is 23.5 Å². The molecule has 0 aliphatic carbocycles. The van der Waals surface area contributed by atoms with Crippen molar-refractivity contribution in [3.63, 3.8) is 0 Å². The number of allylic oxidation sites excluding steroid dienone is 2. The highest BCUT2D eigenvalue weighted by atomic mass is 32.2. The number of β-lactam (4-membered cyclic amide) rings is 2. The number of nitrogens with zero attached hydrogens (tertiary/aromatic N) is 2. The molecule has 55 heavy (non-hydrogen) atoms. The van der Waals surface area contributed by atoms with Crippen molar-refractivity contribution in [2.75, 3.05) is 37.8 Å². The first-order valence-electron chi connectivity index (χ1n) is 17.7. The third-order valence-corrected chi connectivity index (χ3v) is 13.1. The molecule has 2 N–H and O–H groups in total. The van der Waals surface area contributed by atoms with E-state index >= 15 is 0 Å². The normalized spacial score (nSPS) is 26.5. The standard InChI is InChI=1S/C39H42N4O10S2/c1-5-11-25-13-7-9-15-27(25)31(46)40-29-33(48)42-17-38(19-51-23(3)44,21-54-35(29)42)37(50)53-39(20-52-24(4)45)18-43-34(49)30(36(43)55-22-39)41-32(47)28-16-10-8-14-26(28)12-6-2/h5-10,13-16,29-30,35-36H,1-2,11-12,17-22H2,3-4H3,(H,40,46)(H,41,47)/t29?,30?,35-,36-,38?,39?/m1/s1. The molecule has 2 aromatic carbocycles. The molecule has 4 aliphatic rings. The van der Waals surface area contributed by atoms with Gasteiger partial charge in [-0.3, -0.25) is 33.6 Å². The van der Waals surface area contributed by atoms with Gasteiger partial charge in [0.05, 0.1) is 6.54 Å². The lowest BCUT2D eigenvalue weighted by atomic mass is 9.87. The van der Waals surface area contributed by atoms with Crippen molar-refractivity contribution in [1.29, 1.82) is 0 Å². The third kappa shape index (κ3) is 8.01. The van der Waals surface area contributed by atoms with Gasteiger partial charge >= 0.3 is 17.9 Å². The number of hydrogen-bond acceptors (Lipinski definition) is 12. The summed E-state index contributed by atoms with van der Waals surface area (Å²) >= 11 is 2.51. The summed E-state index contributed by atoms with van der Waals surface area (Å²) < 4.78 is 16.9. The van der Waals surface area contributed by atoms with Crippen molar-refractivity contribution in [3.8, 4) is 0 Å². The molecule has 4 saturated heterocycles. The van der Waals surface area contributed by atoms with Crippen molar-refractivity contribution in [3.05, 3.63) is 96.1 Å². The zero-order valence-electron chi connectivity index (χ0n) is 30.4. The molecule has 6 atom stereocenters. The number of benzene rings is 2. The van der Waals surface area contributed by atoms with Gasteiger partial charge in [-0.15, -0.1) is 36.7 Å². The van der Waals surface area contributed by atoms with Crippen LogP contribution in [0.3, 0.4) is 0 Å². The summed E-state index contributed by atoms with van der Waals surface area (Å²) in [5.74, 6) is -3.53. The second kappa shape index (κ2) is 16.3. The van der Waals surface area contributed by atoms with E-state index in [-0.39, 0.29) is 31.2 Å². The first-order valence-corrected chi connectivity index (χ1v) is 19.8. The van der Waals surface area contributed by atoms with Crippen LogP contribution in [0.5, 0.6) is 0 Å². The molecule has 4 heterocycles. The minimum absolute atomic E-state index is 0.0659. The van der Waals surface area contributed by atoms with Crippen LogP contribution in [0.25, 0.3) is 0 Å². The summed E-state index contributed by atoms with van der Waals surface area (Å²) in [5.41, 5.74) is -0.629. The van der Waals surface area contributed by atoms with Gasteiger partial charge in [0.2, 0.25) is 11.8 Å². The second-order valence-electron chi connectivity index (χ2n) is 14.0. The first kappa shape index (κ1) is 39.6. The molecule has 0 aromatic heterocycles. The molecule has 14 nitrogen and oxygen atoms in total. The number of fused-ring (bicyclic) bond motifs is 2. The van der Waals surface area contributed by atoms with Gasteiger partial charge in [0.1, 0.15) is 41.5 Å². The molecule has 0 radical (unpaired) electrons. The lowest BCUT2D eigenvalue weighted by molar-refractivity contribution is -0.191. The number of amides is 4. The molecule has 4 amide bonds. The van der Waals surface area contributed by atoms with Crippen molar-refractivity contribution >= 4 is 65.1 Å². The molecular weight excluding hydrogens is 749 g/mol. The van der Waals surface area contributed by atoms with Crippen LogP contribution in [0.1, 0.15) is 45.7 Å². The fourth-order valence-electron chi connectivity index (χ4n) is 7.05. The van der Waals surface area contributed by atoms with Gasteiger partial charge < -0.3 is 34.6 Å². The summed E-state index contributed by atoms with van der Waals surface area (Å²) in [5, 5.41) is 4.71. The Hall–Kier alpha value is -5.09. The van der Waals surface area contributed by atoms with E-state index in [2.05, 4.69) is 23.8 Å². The monoisotopic (exact) mass is 790 g/mol. The zero-order chi connectivity index (χ0) is 39.5. The Morgan fingerprint density at radius 1 is 0.745 bits per heavy atom. The summed E-state index contributed by atoms with van der Waals surface area (Å²) in [6, 6.07) is 12.4. The second-order valence-corrected chi connectivity index (χ2v) is 16.2. The van der Waals surface area contributed by atoms with Crippen LogP contribution in [0, 0.1) is 5.41 Å². The van der Waals surface area contributed by atoms with E-state index in [0.717, 1.165) is 11.1 Å². The molecule has 6 rings (SSSR count). The number of hydrogen-bond donors (Lipinski definition) is 2. The Morgan fingerprint density at radius 3 is 1.73 bits per heavy atom. The van der Waals surface area contributed by atoms with E-state index in [1.807, 2.05) is 24.3 Å². The molecule has 16 heteroatoms. The number of thioether (sulfide) groups is 2. The molecule has 0 spiro atoms. The van der Waals surface area contributed by atoms with Crippen LogP contribution in [0.15, 0.2) is 73.8 Å². The minimum Gasteiger partial charge on any atom is -0.465 e. The number of rotatable bonds is 14. The van der Waals surface area contributed by atoms with Gasteiger partial charge in [-0.2, -0.15) is 0 Å². The van der Waals surface area contributed by atoms with Crippen molar-refractivity contribution in [2.45, 2.75) is 55.1 Å². The average molecular weight is 791 g/mol. The maximum atomic E-state index is 14.4. The highest BCUT2D eigenvalue weighted by Gasteiger charge is 2.61. The molecular formula is C39H42N4O10S2. The van der Waals surface area contributed by atoms with Gasteiger partial charge in [0, 0.05) is 43.0 Å². The topological polar surface area (TPSA) is 178 Å². The molecule has 0 saturated carbocycles. The summed E-state index contributed by atoms with van der Waals surface area (Å²) in [7, 11) is 0. The van der Waals surface area contributed by atoms with E-state index in [0.29, 0.717) is 24.0 Å². The van der Waals surface area contributed by atoms with Gasteiger partial charge in [-0.25, -0.2) is 0 Å². The maximum absolute atomic E-state index is 14.4. The van der Waals surface area contributed by atoms with E-state index in [1.165, 1.54) is 47.2 Å². The molecule has 2 aromatic rings. The van der Waals surface area contributed by atoms with E-state index in [1.54, 1.807) is 36.4 Å². The Balaban J connectivity index is 1.16. The SMILES string of the molecule is C=CCc1ccccc1C(=O)NC1C(=O)N2CC(COC(C)=O)(OC(=O)C3(COC(C)=O)CS[C@@H]4C(NC(=O)c5ccccc5CC=C)C(=O)N4C3)CS[C@H]12. The van der Waals surface area contributed by atoms with Gasteiger partial charge in [-0.1, -0.05) is 48.6 Å². The van der Waals surface area contributed by atoms with Crippen molar-refractivity contribution in [2.24, 2.45) is 5.41 Å². The quantitative estimate of drug-likeness (QED) is 0.124. The number of carbonyl (C=O) groups excluding carboxylic acids is 7. The summed E-state index contributed by atoms with van der Waals surface area (Å²) in [6.45, 7) is 8.83. The predicted molar refractivity (Wildman–Crippen MR) is 204 cm³/mol. The number of esters is 3. The first-order chi connectivity index (χ1) is 26.3. The van der Waals surface area contributed by atoms with Gasteiger partial charge in [-0.05, 0) is 36.1 Å². The summed E-state index contributed by atoms with van der Waals surface area (Å²) in [4.78, 5) is 94.8. The Kier molecular flexibility index (Phi) is 11.8. The van der Waals surface area contributed by atoms with Gasteiger partial charge in [0.25, 0.3) is 11.8 Å². The summed E-state index contributed by atoms with van der Waals surface area (Å²) in [6.07, 6.45) is 4.32. The van der Waals surface area contributed by atoms with Gasteiger partial charge in [0.15, 0.2) is 5.60 Å². The van der Waals surface area contributed by atoms with Crippen LogP contribution in [0.4, 0.5) is 0 Å². The van der Waals surface area contributed by atoms with Crippen molar-refractivity contribution in [1.82, 2.24) is 20.4 Å². The fourth-order valence-corrected chi connectivity index (χ4v) is 10.0. The number of ether oxygens (including phenoxy) is 3. The number of nitrogens with one attached hydrogen (secondary N) is 2. The lowest BCUT2D eigenvalue weighted by Gasteiger charge is -2.56. The third-order valence-electron chi connectivity index (χ3n) is 9.92. The highest BCUT2D eigenvalue weighted by Crippen LogP contribution is 2.45. The molecule has 4 unspecified atom stereocenters. The highest BCUT2D eigenvalue weighted by molar-refractivity contribution is 8.00. The van der Waals surface area contributed by atoms with Crippen LogP contribution < -0.4 is 10.6 Å². The Morgan fingerprint density at radius 2 is 1.22 bits per heavy atom. The number of carbonyl (C=O) groups is 7. The largest absolute Gasteiger partial charge is 0.465 e. The van der Waals surface area contributed by atoms with E-state index < -0.39 is 82.0 Å². The average Bonchev–Trinajstić information content (AvgIpc) is 3.17. The van der Waals surface area contributed by atoms with Crippen LogP contribution in [0.2, 0.25) is 0 Å². The molecule has 0 bridgehead atoms. The fraction of sp³-hybridized carbons (Fsp3) is 0.410. The van der Waals surface area contributed by atoms with E-state index in [9.17, 15) is 33.6 Å². The zero-order valence-corrected chi connectivity index (χ0v) is 32.1. The predicted octanol–water partition coefficient (Wildman–Crippen LogP) is 2.27. The molecule has 4 fully saturated rings. The Labute approximate surface area is 326 Å². The smallest absolute Gasteiger partial charge is 0.319 e. The Bertz CT molecular complexity index is 1940. The molecule has 290 valence electrons. The van der Waals surface area contributed by atoms with Crippen molar-refractivity contribution < 1.29 is 47.8 Å². The maximum Gasteiger partial charge on any atom is 0.319 e. The minimum atomic E-state index is -1.52. The van der Waals surface area contributed by atoms with Crippen LogP contribution in [-0.4, -0.2) is 118 Å². The lowest BCUT2D eigenvalue weighted by Crippen LogP contribution is -2.76. The van der Waals surface area contributed by atoms with Crippen LogP contribution in [-0.2, 0) is 51.0 Å².